The van der Waals surface area contributed by atoms with Crippen LogP contribution in [0, 0.1) is 0 Å². The van der Waals surface area contributed by atoms with E-state index in [1.54, 1.807) is 24.5 Å². The van der Waals surface area contributed by atoms with E-state index in [-0.39, 0.29) is 17.3 Å². The van der Waals surface area contributed by atoms with Gasteiger partial charge in [-0.3, -0.25) is 4.98 Å². The van der Waals surface area contributed by atoms with Crippen molar-refractivity contribution in [2.24, 2.45) is 0 Å². The lowest BCUT2D eigenvalue weighted by Gasteiger charge is -2.11. The number of aromatic nitrogens is 3. The van der Waals surface area contributed by atoms with Crippen molar-refractivity contribution in [3.05, 3.63) is 47.9 Å². The maximum Gasteiger partial charge on any atom is 0.454 e. The smallest absolute Gasteiger partial charge is 0.454 e. The minimum atomic E-state index is -4.56. The highest BCUT2D eigenvalue weighted by Gasteiger charge is 2.35. The Morgan fingerprint density at radius 2 is 2.11 bits per heavy atom. The Labute approximate surface area is 152 Å². The molecule has 140 valence electrons. The summed E-state index contributed by atoms with van der Waals surface area (Å²) in [6, 6.07) is 6.08. The Bertz CT molecular complexity index is 992. The quantitative estimate of drug-likeness (QED) is 0.711. The number of nitrogens with zero attached hydrogens (tertiary/aromatic N) is 3. The van der Waals surface area contributed by atoms with Gasteiger partial charge in [-0.25, -0.2) is 0 Å². The van der Waals surface area contributed by atoms with Crippen molar-refractivity contribution in [2.75, 3.05) is 13.7 Å². The lowest BCUT2D eigenvalue weighted by atomic mass is 9.80. The zero-order valence-corrected chi connectivity index (χ0v) is 14.3. The van der Waals surface area contributed by atoms with Crippen molar-refractivity contribution in [3.63, 3.8) is 0 Å². The first-order valence-electron chi connectivity index (χ1n) is 8.26. The Hall–Kier alpha value is -2.59. The fourth-order valence-electron chi connectivity index (χ4n) is 3.26. The van der Waals surface area contributed by atoms with E-state index in [4.69, 9.17) is 9.39 Å². The fraction of sp³-hybridized carbons (Fsp3) is 0.294. The van der Waals surface area contributed by atoms with Crippen LogP contribution in [0.1, 0.15) is 17.2 Å². The molecule has 0 unspecified atom stereocenters. The highest BCUT2D eigenvalue weighted by atomic mass is 19.4. The zero-order chi connectivity index (χ0) is 19.2. The van der Waals surface area contributed by atoms with Crippen LogP contribution < -0.4 is 4.74 Å². The Kier molecular flexibility index (Phi) is 4.31. The molecule has 4 heterocycles. The second-order valence-electron chi connectivity index (χ2n) is 6.34. The molecule has 0 spiro atoms. The molecule has 1 saturated heterocycles. The molecule has 3 aromatic rings. The number of hydrogen-bond acceptors (Lipinski definition) is 5. The molecule has 1 atom stereocenters. The van der Waals surface area contributed by atoms with Crippen molar-refractivity contribution < 1.29 is 27.6 Å². The highest BCUT2D eigenvalue weighted by molar-refractivity contribution is 6.43. The molecule has 0 amide bonds. The summed E-state index contributed by atoms with van der Waals surface area (Å²) in [5, 5.41) is 13.2. The molecule has 1 fully saturated rings. The predicted molar refractivity (Wildman–Crippen MR) is 91.4 cm³/mol. The highest BCUT2D eigenvalue weighted by Crippen LogP contribution is 2.35. The summed E-state index contributed by atoms with van der Waals surface area (Å²) in [5.74, 6) is 0.179. The summed E-state index contributed by atoms with van der Waals surface area (Å²) in [7, 11) is 0.562. The summed E-state index contributed by atoms with van der Waals surface area (Å²) in [6.07, 6.45) is -0.856. The van der Waals surface area contributed by atoms with Crippen molar-refractivity contribution in [1.82, 2.24) is 14.6 Å². The number of alkyl halides is 3. The van der Waals surface area contributed by atoms with Crippen LogP contribution in [0.5, 0.6) is 5.88 Å². The topological polar surface area (TPSA) is 68.9 Å². The van der Waals surface area contributed by atoms with Crippen LogP contribution in [-0.4, -0.2) is 40.5 Å². The van der Waals surface area contributed by atoms with Gasteiger partial charge >= 0.3 is 13.3 Å². The summed E-state index contributed by atoms with van der Waals surface area (Å²) < 4.78 is 50.8. The van der Waals surface area contributed by atoms with Gasteiger partial charge in [-0.2, -0.15) is 22.8 Å². The van der Waals surface area contributed by atoms with Gasteiger partial charge in [0.1, 0.15) is 0 Å². The second kappa shape index (κ2) is 6.54. The van der Waals surface area contributed by atoms with Crippen LogP contribution in [0.2, 0.25) is 6.32 Å². The van der Waals surface area contributed by atoms with E-state index in [0.29, 0.717) is 24.1 Å². The largest absolute Gasteiger partial charge is 0.481 e. The van der Waals surface area contributed by atoms with Crippen molar-refractivity contribution >= 4 is 12.6 Å². The SMILES string of the molecule is COc1ccc(-c2cncc([C@@H]3COB(O)C3)c2)c2cc(C(F)(F)F)nn12. The van der Waals surface area contributed by atoms with E-state index in [2.05, 4.69) is 10.1 Å². The maximum atomic E-state index is 13.1. The number of ether oxygens (including phenoxy) is 1. The first-order chi connectivity index (χ1) is 12.9. The van der Waals surface area contributed by atoms with Crippen molar-refractivity contribution in [1.29, 1.82) is 0 Å². The van der Waals surface area contributed by atoms with E-state index in [1.165, 1.54) is 7.11 Å². The molecule has 0 radical (unpaired) electrons. The van der Waals surface area contributed by atoms with Gasteiger partial charge in [-0.1, -0.05) is 0 Å². The van der Waals surface area contributed by atoms with E-state index >= 15 is 0 Å². The number of fused-ring (bicyclic) bond motifs is 1. The molecule has 0 aliphatic carbocycles. The second-order valence-corrected chi connectivity index (χ2v) is 6.34. The third kappa shape index (κ3) is 3.26. The zero-order valence-electron chi connectivity index (χ0n) is 14.3. The number of pyridine rings is 2. The number of halogens is 3. The van der Waals surface area contributed by atoms with Crippen LogP contribution in [0.4, 0.5) is 13.2 Å². The van der Waals surface area contributed by atoms with Crippen LogP contribution in [0.15, 0.2) is 36.7 Å². The van der Waals surface area contributed by atoms with Crippen molar-refractivity contribution in [2.45, 2.75) is 18.4 Å². The molecule has 27 heavy (non-hydrogen) atoms. The molecule has 10 heteroatoms. The Morgan fingerprint density at radius 1 is 1.30 bits per heavy atom. The van der Waals surface area contributed by atoms with Gasteiger partial charge in [0.2, 0.25) is 5.88 Å². The molecule has 1 aliphatic rings. The molecular formula is C17H15BF3N3O3. The van der Waals surface area contributed by atoms with Gasteiger partial charge in [0.15, 0.2) is 5.69 Å². The number of rotatable bonds is 3. The third-order valence-corrected chi connectivity index (χ3v) is 4.60. The fourth-order valence-corrected chi connectivity index (χ4v) is 3.26. The third-order valence-electron chi connectivity index (χ3n) is 4.60. The molecular weight excluding hydrogens is 362 g/mol. The molecule has 0 bridgehead atoms. The molecule has 0 aromatic carbocycles. The van der Waals surface area contributed by atoms with Crippen LogP contribution in [0.25, 0.3) is 16.6 Å². The van der Waals surface area contributed by atoms with Crippen molar-refractivity contribution in [3.8, 4) is 17.0 Å². The predicted octanol–water partition coefficient (Wildman–Crippen LogP) is 3.02. The summed E-state index contributed by atoms with van der Waals surface area (Å²) in [6.45, 7) is 0.370. The normalized spacial score (nSPS) is 17.7. The molecule has 1 aliphatic heterocycles. The minimum absolute atomic E-state index is 0.0163. The molecule has 4 rings (SSSR count). The molecule has 1 N–H and O–H groups in total. The number of methoxy groups -OCH3 is 1. The van der Waals surface area contributed by atoms with Gasteiger partial charge in [-0.15, -0.1) is 0 Å². The summed E-state index contributed by atoms with van der Waals surface area (Å²) >= 11 is 0. The monoisotopic (exact) mass is 377 g/mol. The van der Waals surface area contributed by atoms with Gasteiger partial charge < -0.3 is 14.4 Å². The minimum Gasteiger partial charge on any atom is -0.481 e. The average molecular weight is 377 g/mol. The average Bonchev–Trinajstić information content (AvgIpc) is 3.27. The summed E-state index contributed by atoms with van der Waals surface area (Å²) in [4.78, 5) is 4.22. The van der Waals surface area contributed by atoms with E-state index in [9.17, 15) is 18.2 Å². The molecule has 0 saturated carbocycles. The van der Waals surface area contributed by atoms with E-state index in [1.807, 2.05) is 6.07 Å². The first kappa shape index (κ1) is 17.8. The molecule has 6 nitrogen and oxygen atoms in total. The van der Waals surface area contributed by atoms with Gasteiger partial charge in [0, 0.05) is 42.1 Å². The van der Waals surface area contributed by atoms with Crippen LogP contribution >= 0.6 is 0 Å². The lowest BCUT2D eigenvalue weighted by molar-refractivity contribution is -0.141. The summed E-state index contributed by atoms with van der Waals surface area (Å²) in [5.41, 5.74) is 1.32. The van der Waals surface area contributed by atoms with Gasteiger partial charge in [-0.05, 0) is 30.1 Å². The molecule has 3 aromatic heterocycles. The Morgan fingerprint density at radius 3 is 2.78 bits per heavy atom. The van der Waals surface area contributed by atoms with Crippen LogP contribution in [-0.2, 0) is 10.8 Å². The van der Waals surface area contributed by atoms with E-state index in [0.717, 1.165) is 16.1 Å². The lowest BCUT2D eigenvalue weighted by Crippen LogP contribution is -2.07. The van der Waals surface area contributed by atoms with Crippen LogP contribution in [0.3, 0.4) is 0 Å². The standard InChI is InChI=1S/C17H15BF3N3O3/c1-26-16-3-2-13(14-5-15(17(19,20)21)23-24(14)16)11-4-10(7-22-8-11)12-6-18(25)27-9-12/h2-5,7-8,12,25H,6,9H2,1H3/t12-/m0/s1. The van der Waals surface area contributed by atoms with Gasteiger partial charge in [0.25, 0.3) is 0 Å². The first-order valence-corrected chi connectivity index (χ1v) is 8.26. The Balaban J connectivity index is 1.83. The van der Waals surface area contributed by atoms with E-state index < -0.39 is 19.0 Å². The number of hydrogen-bond donors (Lipinski definition) is 1. The maximum absolute atomic E-state index is 13.1. The van der Waals surface area contributed by atoms with Gasteiger partial charge in [0.05, 0.1) is 12.6 Å².